The number of amides is 3. The van der Waals surface area contributed by atoms with Gasteiger partial charge in [0, 0.05) is 33.0 Å². The summed E-state index contributed by atoms with van der Waals surface area (Å²) in [6.45, 7) is 5.10. The normalized spacial score (nSPS) is 17.2. The lowest BCUT2D eigenvalue weighted by Crippen LogP contribution is -2.57. The lowest BCUT2D eigenvalue weighted by Gasteiger charge is -2.38. The second-order valence-electron chi connectivity index (χ2n) is 13.6. The van der Waals surface area contributed by atoms with E-state index in [9.17, 15) is 23.6 Å². The van der Waals surface area contributed by atoms with Gasteiger partial charge in [0.1, 0.15) is 36.7 Å². The summed E-state index contributed by atoms with van der Waals surface area (Å²) in [5.74, 6) is -2.07. The molecule has 3 amide bonds. The lowest BCUT2D eigenvalue weighted by molar-refractivity contribution is -0.159. The van der Waals surface area contributed by atoms with Crippen molar-refractivity contribution in [1.82, 2.24) is 14.7 Å². The third kappa shape index (κ3) is 8.36. The number of hydrogen-bond acceptors (Lipinski definition) is 6. The van der Waals surface area contributed by atoms with E-state index in [1.807, 2.05) is 48.6 Å². The average Bonchev–Trinajstić information content (AvgIpc) is 3.37. The van der Waals surface area contributed by atoms with E-state index in [1.165, 1.54) is 40.9 Å². The number of hydrogen-bond donors (Lipinski definition) is 0. The zero-order chi connectivity index (χ0) is 35.3. The Balaban J connectivity index is 1.36. The molecule has 49 heavy (non-hydrogen) atoms. The van der Waals surface area contributed by atoms with Gasteiger partial charge in [0.25, 0.3) is 0 Å². The molecule has 0 N–H and O–H groups in total. The van der Waals surface area contributed by atoms with Crippen LogP contribution in [-0.2, 0) is 30.3 Å². The van der Waals surface area contributed by atoms with Crippen LogP contribution in [0.2, 0.25) is 0 Å². The van der Waals surface area contributed by atoms with Crippen molar-refractivity contribution in [2.45, 2.75) is 63.6 Å². The Morgan fingerprint density at radius 1 is 0.918 bits per heavy atom. The summed E-state index contributed by atoms with van der Waals surface area (Å²) < 4.78 is 25.1. The highest BCUT2D eigenvalue weighted by Gasteiger charge is 2.39. The Hall–Kier alpha value is -4.99. The molecule has 1 aliphatic heterocycles. The molecule has 3 aromatic rings. The number of esters is 1. The summed E-state index contributed by atoms with van der Waals surface area (Å²) in [5, 5.41) is 0. The summed E-state index contributed by atoms with van der Waals surface area (Å²) in [6, 6.07) is 19.9. The van der Waals surface area contributed by atoms with Crippen molar-refractivity contribution in [3.05, 3.63) is 107 Å². The molecule has 2 aliphatic rings. The first-order valence-corrected chi connectivity index (χ1v) is 16.6. The maximum Gasteiger partial charge on any atom is 0.410 e. The van der Waals surface area contributed by atoms with E-state index in [0.717, 1.165) is 22.3 Å². The third-order valence-electron chi connectivity index (χ3n) is 8.90. The second kappa shape index (κ2) is 15.1. The summed E-state index contributed by atoms with van der Waals surface area (Å²) >= 11 is 0. The lowest BCUT2D eigenvalue weighted by atomic mass is 9.98. The topological polar surface area (TPSA) is 96.5 Å². The van der Waals surface area contributed by atoms with Gasteiger partial charge in [0.2, 0.25) is 11.8 Å². The molecule has 258 valence electrons. The van der Waals surface area contributed by atoms with Crippen LogP contribution >= 0.6 is 0 Å². The summed E-state index contributed by atoms with van der Waals surface area (Å²) in [6.07, 6.45) is 4.02. The van der Waals surface area contributed by atoms with Crippen LogP contribution in [0, 0.1) is 5.82 Å². The maximum atomic E-state index is 14.4. The second-order valence-corrected chi connectivity index (χ2v) is 13.6. The highest BCUT2D eigenvalue weighted by molar-refractivity contribution is 5.93. The zero-order valence-electron chi connectivity index (χ0n) is 28.7. The van der Waals surface area contributed by atoms with Crippen molar-refractivity contribution in [1.29, 1.82) is 0 Å². The SMILES string of the molecule is CN(CC(=O)OC(C)(C)C)C(=O)[C@H](Cc1ccc(F)cc1)N1C/C=C\CC[C@H](N(C)C(=O)OCC2c3ccccc3-c3ccccc32)C1=O. The first-order chi connectivity index (χ1) is 23.3. The molecule has 0 radical (unpaired) electrons. The number of likely N-dealkylation sites (N-methyl/N-ethyl adjacent to an activating group) is 2. The van der Waals surface area contributed by atoms with Crippen LogP contribution in [0.3, 0.4) is 0 Å². The molecule has 0 fully saturated rings. The molecule has 0 spiro atoms. The molecule has 0 bridgehead atoms. The first-order valence-electron chi connectivity index (χ1n) is 16.6. The highest BCUT2D eigenvalue weighted by atomic mass is 19.1. The number of rotatable bonds is 9. The van der Waals surface area contributed by atoms with Crippen LogP contribution < -0.4 is 0 Å². The van der Waals surface area contributed by atoms with Gasteiger partial charge >= 0.3 is 12.1 Å². The molecule has 1 aliphatic carbocycles. The van der Waals surface area contributed by atoms with Gasteiger partial charge in [-0.15, -0.1) is 0 Å². The van der Waals surface area contributed by atoms with E-state index >= 15 is 0 Å². The number of carbonyl (C=O) groups is 4. The number of carbonyl (C=O) groups excluding carboxylic acids is 4. The molecule has 0 aromatic heterocycles. The fraction of sp³-hybridized carbons (Fsp3) is 0.385. The van der Waals surface area contributed by atoms with E-state index in [4.69, 9.17) is 9.47 Å². The largest absolute Gasteiger partial charge is 0.459 e. The molecular formula is C39H44FN3O6. The molecule has 0 unspecified atom stereocenters. The minimum absolute atomic E-state index is 0.0682. The van der Waals surface area contributed by atoms with E-state index in [1.54, 1.807) is 32.9 Å². The number of allylic oxidation sites excluding steroid dienone is 1. The Morgan fingerprint density at radius 3 is 2.14 bits per heavy atom. The molecule has 3 aromatic carbocycles. The van der Waals surface area contributed by atoms with Gasteiger partial charge in [-0.3, -0.25) is 19.3 Å². The van der Waals surface area contributed by atoms with Gasteiger partial charge in [0.05, 0.1) is 0 Å². The quantitative estimate of drug-likeness (QED) is 0.206. The third-order valence-corrected chi connectivity index (χ3v) is 8.90. The van der Waals surface area contributed by atoms with E-state index in [2.05, 4.69) is 12.1 Å². The van der Waals surface area contributed by atoms with E-state index in [0.29, 0.717) is 18.4 Å². The standard InChI is InChI=1S/C39H44FN3O6/c1-39(2,3)49-35(44)24-41(4)36(45)34(23-26-18-20-27(40)21-19-26)43-22-12-6-7-17-33(37(43)46)42(5)38(47)48-25-32-30-15-10-8-13-28(30)29-14-9-11-16-31(29)32/h6,8-16,18-21,32-34H,7,17,22-25H2,1-5H3/b12-6-/t33-,34-/m0/s1. The van der Waals surface area contributed by atoms with Crippen molar-refractivity contribution in [3.8, 4) is 11.1 Å². The summed E-state index contributed by atoms with van der Waals surface area (Å²) in [5.41, 5.74) is 4.27. The number of benzene rings is 3. The van der Waals surface area contributed by atoms with Gasteiger partial charge in [-0.25, -0.2) is 9.18 Å². The monoisotopic (exact) mass is 669 g/mol. The van der Waals surface area contributed by atoms with Crippen molar-refractivity contribution < 1.29 is 33.0 Å². The van der Waals surface area contributed by atoms with Crippen LogP contribution in [-0.4, -0.2) is 90.1 Å². The number of halogens is 1. The predicted octanol–water partition coefficient (Wildman–Crippen LogP) is 5.97. The van der Waals surface area contributed by atoms with Crippen molar-refractivity contribution in [2.24, 2.45) is 0 Å². The molecule has 9 nitrogen and oxygen atoms in total. The van der Waals surface area contributed by atoms with Crippen LogP contribution in [0.5, 0.6) is 0 Å². The van der Waals surface area contributed by atoms with Crippen molar-refractivity contribution in [3.63, 3.8) is 0 Å². The number of fused-ring (bicyclic) bond motifs is 3. The van der Waals surface area contributed by atoms with Crippen LogP contribution in [0.4, 0.5) is 9.18 Å². The first kappa shape index (κ1) is 35.3. The van der Waals surface area contributed by atoms with Gasteiger partial charge in [-0.05, 0) is 73.6 Å². The predicted molar refractivity (Wildman–Crippen MR) is 184 cm³/mol. The molecule has 0 saturated heterocycles. The Morgan fingerprint density at radius 2 is 1.53 bits per heavy atom. The average molecular weight is 670 g/mol. The van der Waals surface area contributed by atoms with Gasteiger partial charge < -0.3 is 19.3 Å². The van der Waals surface area contributed by atoms with Crippen LogP contribution in [0.15, 0.2) is 84.9 Å². The number of nitrogens with zero attached hydrogens (tertiary/aromatic N) is 3. The molecule has 0 saturated carbocycles. The van der Waals surface area contributed by atoms with Crippen molar-refractivity contribution in [2.75, 3.05) is 33.8 Å². The smallest absolute Gasteiger partial charge is 0.410 e. The fourth-order valence-electron chi connectivity index (χ4n) is 6.50. The molecule has 1 heterocycles. The van der Waals surface area contributed by atoms with Gasteiger partial charge in [0.15, 0.2) is 0 Å². The Labute approximate surface area is 287 Å². The van der Waals surface area contributed by atoms with Gasteiger partial charge in [-0.2, -0.15) is 0 Å². The highest BCUT2D eigenvalue weighted by Crippen LogP contribution is 2.44. The zero-order valence-corrected chi connectivity index (χ0v) is 28.7. The van der Waals surface area contributed by atoms with Crippen molar-refractivity contribution >= 4 is 23.9 Å². The molecule has 5 rings (SSSR count). The number of ether oxygens (including phenoxy) is 2. The van der Waals surface area contributed by atoms with Crippen LogP contribution in [0.1, 0.15) is 56.2 Å². The maximum absolute atomic E-state index is 14.4. The molecular weight excluding hydrogens is 625 g/mol. The molecule has 2 atom stereocenters. The fourth-order valence-corrected chi connectivity index (χ4v) is 6.50. The minimum Gasteiger partial charge on any atom is -0.459 e. The van der Waals surface area contributed by atoms with E-state index < -0.39 is 47.4 Å². The van der Waals surface area contributed by atoms with Crippen LogP contribution in [0.25, 0.3) is 11.1 Å². The van der Waals surface area contributed by atoms with Gasteiger partial charge in [-0.1, -0.05) is 72.8 Å². The Kier molecular flexibility index (Phi) is 10.9. The summed E-state index contributed by atoms with van der Waals surface area (Å²) in [7, 11) is 3.02. The summed E-state index contributed by atoms with van der Waals surface area (Å²) in [4.78, 5) is 58.6. The van der Waals surface area contributed by atoms with E-state index in [-0.39, 0.29) is 32.0 Å². The minimum atomic E-state index is -1.05. The molecule has 10 heteroatoms. The Bertz CT molecular complexity index is 1670.